The van der Waals surface area contributed by atoms with E-state index in [4.69, 9.17) is 32.5 Å². The second kappa shape index (κ2) is 11.8. The lowest BCUT2D eigenvalue weighted by Crippen LogP contribution is -2.36. The molecule has 0 saturated heterocycles. The molecule has 2 heterocycles. The van der Waals surface area contributed by atoms with Gasteiger partial charge < -0.3 is 14.6 Å². The third-order valence-electron chi connectivity index (χ3n) is 7.02. The smallest absolute Gasteiger partial charge is 0.332 e. The molecular weight excluding hydrogens is 629 g/mol. The zero-order valence-corrected chi connectivity index (χ0v) is 26.3. The summed E-state index contributed by atoms with van der Waals surface area (Å²) in [6.07, 6.45) is 1.16. The summed E-state index contributed by atoms with van der Waals surface area (Å²) in [7, 11) is -3.63. The first kappa shape index (κ1) is 29.5. The Kier molecular flexibility index (Phi) is 8.12. The number of anilines is 1. The number of benzene rings is 3. The Morgan fingerprint density at radius 2 is 1.81 bits per heavy atom. The molecule has 222 valence electrons. The number of thiophene rings is 1. The lowest BCUT2D eigenvalue weighted by atomic mass is 10.0. The minimum absolute atomic E-state index is 0.0716. The van der Waals surface area contributed by atoms with Crippen molar-refractivity contribution < 1.29 is 22.5 Å². The number of nitrogens with one attached hydrogen (secondary N) is 2. The summed E-state index contributed by atoms with van der Waals surface area (Å²) in [4.78, 5) is 13.3. The Bertz CT molecular complexity index is 1930. The fourth-order valence-corrected chi connectivity index (χ4v) is 7.63. The summed E-state index contributed by atoms with van der Waals surface area (Å²) < 4.78 is 39.2. The van der Waals surface area contributed by atoms with E-state index in [2.05, 4.69) is 21.3 Å². The van der Waals surface area contributed by atoms with E-state index in [9.17, 15) is 13.2 Å². The molecule has 2 amide bonds. The van der Waals surface area contributed by atoms with Gasteiger partial charge in [-0.1, -0.05) is 60.4 Å². The van der Waals surface area contributed by atoms with Crippen LogP contribution in [0.5, 0.6) is 5.75 Å². The molecule has 12 heteroatoms. The Morgan fingerprint density at radius 1 is 1.07 bits per heavy atom. The molecule has 0 atom stereocenters. The number of carbonyl (C=O) groups is 1. The zero-order valence-electron chi connectivity index (χ0n) is 23.2. The normalized spacial score (nSPS) is 13.4. The Balaban J connectivity index is 1.21. The van der Waals surface area contributed by atoms with Gasteiger partial charge in [0, 0.05) is 26.7 Å². The highest BCUT2D eigenvalue weighted by Gasteiger charge is 2.36. The summed E-state index contributed by atoms with van der Waals surface area (Å²) in [6, 6.07) is 19.8. The molecular formula is C31H27Cl2N3O5S2. The van der Waals surface area contributed by atoms with Crippen molar-refractivity contribution in [3.63, 3.8) is 0 Å². The highest BCUT2D eigenvalue weighted by Crippen LogP contribution is 2.40. The number of fused-ring (bicyclic) bond motifs is 1. The number of halogens is 2. The van der Waals surface area contributed by atoms with Gasteiger partial charge in [-0.15, -0.1) is 11.3 Å². The molecule has 0 radical (unpaired) electrons. The standard InChI is InChI=1S/C31H27Cl2N3O5S2/c1-17(2)30-23(29(35-41-30)28-24(32)7-4-8-25(28)33)16-40-21-10-9-19-14-26(42-27(19)15-21)18-5-3-6-20(13-18)34-31(37)36-43(38,39)22-11-12-22/h3-10,13-15,17,22H,11-12,16H2,1-2H3,(H2,34,36,37). The number of carbonyl (C=O) groups excluding carboxylic acids is 1. The highest BCUT2D eigenvalue weighted by atomic mass is 35.5. The topological polar surface area (TPSA) is 111 Å². The quantitative estimate of drug-likeness (QED) is 0.164. The monoisotopic (exact) mass is 655 g/mol. The van der Waals surface area contributed by atoms with Gasteiger partial charge in [-0.2, -0.15) is 0 Å². The van der Waals surface area contributed by atoms with Gasteiger partial charge in [0.15, 0.2) is 0 Å². The predicted octanol–water partition coefficient (Wildman–Crippen LogP) is 8.85. The fraction of sp³-hybridized carbons (Fsp3) is 0.226. The van der Waals surface area contributed by atoms with Gasteiger partial charge in [-0.3, -0.25) is 0 Å². The number of aromatic nitrogens is 1. The second-order valence-corrected chi connectivity index (χ2v) is 14.5. The summed E-state index contributed by atoms with van der Waals surface area (Å²) in [5, 5.41) is 8.44. The van der Waals surface area contributed by atoms with E-state index >= 15 is 0 Å². The van der Waals surface area contributed by atoms with E-state index in [1.807, 2.05) is 50.2 Å². The third kappa shape index (κ3) is 6.38. The van der Waals surface area contributed by atoms with Crippen LogP contribution in [0.15, 0.2) is 71.3 Å². The maximum Gasteiger partial charge on any atom is 0.332 e. The van der Waals surface area contributed by atoms with Crippen molar-refractivity contribution in [1.82, 2.24) is 9.88 Å². The van der Waals surface area contributed by atoms with Gasteiger partial charge in [0.05, 0.1) is 20.9 Å². The Hall–Kier alpha value is -3.57. The molecule has 0 aliphatic heterocycles. The molecule has 2 N–H and O–H groups in total. The predicted molar refractivity (Wildman–Crippen MR) is 172 cm³/mol. The Morgan fingerprint density at radius 3 is 2.53 bits per heavy atom. The van der Waals surface area contributed by atoms with Crippen LogP contribution >= 0.6 is 34.5 Å². The molecule has 1 fully saturated rings. The summed E-state index contributed by atoms with van der Waals surface area (Å²) in [5.41, 5.74) is 3.34. The molecule has 1 aliphatic rings. The molecule has 2 aromatic heterocycles. The van der Waals surface area contributed by atoms with Crippen molar-refractivity contribution in [2.45, 2.75) is 44.5 Å². The first-order valence-electron chi connectivity index (χ1n) is 13.6. The maximum atomic E-state index is 12.3. The van der Waals surface area contributed by atoms with E-state index in [0.29, 0.717) is 51.3 Å². The van der Waals surface area contributed by atoms with Crippen molar-refractivity contribution in [2.24, 2.45) is 0 Å². The van der Waals surface area contributed by atoms with Crippen LogP contribution in [0.3, 0.4) is 0 Å². The van der Waals surface area contributed by atoms with Crippen LogP contribution in [-0.2, 0) is 16.6 Å². The van der Waals surface area contributed by atoms with Gasteiger partial charge >= 0.3 is 6.03 Å². The molecule has 1 aliphatic carbocycles. The van der Waals surface area contributed by atoms with E-state index in [1.165, 1.54) is 0 Å². The van der Waals surface area contributed by atoms with Crippen molar-refractivity contribution in [3.05, 3.63) is 88.1 Å². The zero-order chi connectivity index (χ0) is 30.3. The number of rotatable bonds is 9. The molecule has 0 bridgehead atoms. The lowest BCUT2D eigenvalue weighted by molar-refractivity contribution is 0.256. The molecule has 6 rings (SSSR count). The maximum absolute atomic E-state index is 12.3. The first-order valence-corrected chi connectivity index (χ1v) is 16.7. The van der Waals surface area contributed by atoms with Gasteiger partial charge in [0.1, 0.15) is 23.8 Å². The lowest BCUT2D eigenvalue weighted by Gasteiger charge is -2.11. The summed E-state index contributed by atoms with van der Waals surface area (Å²) >= 11 is 14.5. The number of amides is 2. The van der Waals surface area contributed by atoms with Gasteiger partial charge in [0.25, 0.3) is 0 Å². The average Bonchev–Trinajstić information content (AvgIpc) is 3.62. The van der Waals surface area contributed by atoms with Crippen LogP contribution in [0.4, 0.5) is 10.5 Å². The number of sulfonamides is 1. The van der Waals surface area contributed by atoms with Crippen LogP contribution in [0.25, 0.3) is 31.8 Å². The van der Waals surface area contributed by atoms with Crippen LogP contribution < -0.4 is 14.8 Å². The SMILES string of the molecule is CC(C)c1onc(-c2c(Cl)cccc2Cl)c1COc1ccc2cc(-c3cccc(NC(=O)NS(=O)(=O)C4CC4)c3)sc2c1. The minimum atomic E-state index is -3.63. The molecule has 43 heavy (non-hydrogen) atoms. The summed E-state index contributed by atoms with van der Waals surface area (Å²) in [5.74, 6) is 1.46. The summed E-state index contributed by atoms with van der Waals surface area (Å²) in [6.45, 7) is 4.26. The van der Waals surface area contributed by atoms with Crippen LogP contribution in [-0.4, -0.2) is 24.9 Å². The van der Waals surface area contributed by atoms with Gasteiger partial charge in [-0.25, -0.2) is 17.9 Å². The third-order valence-corrected chi connectivity index (χ3v) is 10.6. The van der Waals surface area contributed by atoms with E-state index in [-0.39, 0.29) is 12.5 Å². The van der Waals surface area contributed by atoms with Crippen molar-refractivity contribution in [3.8, 4) is 27.4 Å². The van der Waals surface area contributed by atoms with Crippen molar-refractivity contribution in [1.29, 1.82) is 0 Å². The first-order chi connectivity index (χ1) is 20.6. The molecule has 3 aromatic carbocycles. The second-order valence-electron chi connectivity index (χ2n) is 10.6. The molecule has 1 saturated carbocycles. The Labute approximate surface area is 263 Å². The van der Waals surface area contributed by atoms with E-state index < -0.39 is 21.3 Å². The van der Waals surface area contributed by atoms with E-state index in [0.717, 1.165) is 26.1 Å². The average molecular weight is 657 g/mol. The van der Waals surface area contributed by atoms with Crippen molar-refractivity contribution >= 4 is 66.4 Å². The molecule has 8 nitrogen and oxygen atoms in total. The molecule has 0 spiro atoms. The van der Waals surface area contributed by atoms with Gasteiger partial charge in [0.2, 0.25) is 10.0 Å². The van der Waals surface area contributed by atoms with Crippen molar-refractivity contribution in [2.75, 3.05) is 5.32 Å². The molecule has 5 aromatic rings. The van der Waals surface area contributed by atoms with Crippen LogP contribution in [0.1, 0.15) is 43.9 Å². The molecule has 0 unspecified atom stereocenters. The van der Waals surface area contributed by atoms with E-state index in [1.54, 1.807) is 35.6 Å². The fourth-order valence-electron chi connectivity index (χ4n) is 4.73. The van der Waals surface area contributed by atoms with Gasteiger partial charge in [-0.05, 0) is 72.3 Å². The number of nitrogens with zero attached hydrogens (tertiary/aromatic N) is 1. The van der Waals surface area contributed by atoms with Crippen LogP contribution in [0, 0.1) is 0 Å². The number of hydrogen-bond acceptors (Lipinski definition) is 7. The number of ether oxygens (including phenoxy) is 1. The van der Waals surface area contributed by atoms with Crippen LogP contribution in [0.2, 0.25) is 10.0 Å². The minimum Gasteiger partial charge on any atom is -0.489 e. The number of hydrogen-bond donors (Lipinski definition) is 2. The largest absolute Gasteiger partial charge is 0.489 e. The highest BCUT2D eigenvalue weighted by molar-refractivity contribution is 7.91. The number of urea groups is 1.